The van der Waals surface area contributed by atoms with E-state index in [1.54, 1.807) is 60.7 Å². The SMILES string of the molecule is Cc1ccc(O)c(-c2nn(C)cc2-c2ccc(NC(=O)C3CCCCN3C(=O)[C@H](Cc3ccc(O)cc3)NC(=O)OC(C)(C)C)cc2)c1. The first kappa shape index (κ1) is 34.0. The Labute approximate surface area is 280 Å². The highest BCUT2D eigenvalue weighted by atomic mass is 16.6. The largest absolute Gasteiger partial charge is 0.508 e. The first-order chi connectivity index (χ1) is 22.8. The van der Waals surface area contributed by atoms with E-state index in [-0.39, 0.29) is 29.7 Å². The third-order valence-corrected chi connectivity index (χ3v) is 8.15. The van der Waals surface area contributed by atoms with Gasteiger partial charge in [0.2, 0.25) is 11.8 Å². The van der Waals surface area contributed by atoms with Crippen LogP contribution in [0, 0.1) is 6.92 Å². The van der Waals surface area contributed by atoms with Gasteiger partial charge in [0.25, 0.3) is 0 Å². The summed E-state index contributed by atoms with van der Waals surface area (Å²) in [6.07, 6.45) is 3.29. The summed E-state index contributed by atoms with van der Waals surface area (Å²) in [5.74, 6) is -0.465. The van der Waals surface area contributed by atoms with Crippen LogP contribution in [0.3, 0.4) is 0 Å². The van der Waals surface area contributed by atoms with Crippen molar-refractivity contribution in [1.82, 2.24) is 20.0 Å². The zero-order valence-corrected chi connectivity index (χ0v) is 28.0. The van der Waals surface area contributed by atoms with Gasteiger partial charge in [-0.3, -0.25) is 14.3 Å². The quantitative estimate of drug-likeness (QED) is 0.184. The van der Waals surface area contributed by atoms with Crippen LogP contribution in [0.25, 0.3) is 22.4 Å². The number of hydrogen-bond donors (Lipinski definition) is 4. The molecule has 0 spiro atoms. The molecule has 11 nitrogen and oxygen atoms in total. The highest BCUT2D eigenvalue weighted by molar-refractivity contribution is 5.98. The molecule has 252 valence electrons. The van der Waals surface area contributed by atoms with Crippen molar-refractivity contribution in [3.63, 3.8) is 0 Å². The number of aromatic hydroxyl groups is 2. The number of benzene rings is 3. The maximum absolute atomic E-state index is 14.0. The minimum absolute atomic E-state index is 0.0916. The third-order valence-electron chi connectivity index (χ3n) is 8.15. The molecule has 1 saturated heterocycles. The van der Waals surface area contributed by atoms with Crippen molar-refractivity contribution in [2.45, 2.75) is 71.1 Å². The van der Waals surface area contributed by atoms with E-state index < -0.39 is 23.8 Å². The molecular formula is C37H43N5O6. The fourth-order valence-electron chi connectivity index (χ4n) is 5.88. The number of rotatable bonds is 8. The number of phenolic OH excluding ortho intramolecular Hbond substituents is 2. The average Bonchev–Trinajstić information content (AvgIpc) is 3.43. The van der Waals surface area contributed by atoms with Gasteiger partial charge in [0, 0.05) is 43.0 Å². The van der Waals surface area contributed by atoms with Crippen molar-refractivity contribution in [3.8, 4) is 33.9 Å². The molecule has 0 aliphatic carbocycles. The lowest BCUT2D eigenvalue weighted by molar-refractivity contribution is -0.142. The lowest BCUT2D eigenvalue weighted by atomic mass is 9.97. The normalized spacial score (nSPS) is 15.4. The highest BCUT2D eigenvalue weighted by Gasteiger charge is 2.37. The van der Waals surface area contributed by atoms with E-state index in [1.165, 1.54) is 12.1 Å². The number of nitrogens with zero attached hydrogens (tertiary/aromatic N) is 3. The van der Waals surface area contributed by atoms with Crippen molar-refractivity contribution >= 4 is 23.6 Å². The monoisotopic (exact) mass is 653 g/mol. The Kier molecular flexibility index (Phi) is 10.1. The molecule has 5 rings (SSSR count). The molecular weight excluding hydrogens is 610 g/mol. The first-order valence-corrected chi connectivity index (χ1v) is 16.1. The number of likely N-dealkylation sites (tertiary alicyclic amines) is 1. The standard InChI is InChI=1S/C37H43N5O6/c1-23-9-18-32(44)28(20-23)33-29(22-41(5)40-33)25-12-14-26(15-13-25)38-34(45)31-8-6-7-19-42(31)35(46)30(39-36(47)48-37(2,3)4)21-24-10-16-27(43)17-11-24/h9-18,20,22,30-31,43-44H,6-8,19,21H2,1-5H3,(H,38,45)(H,39,47)/t30-,31?/m0/s1. The van der Waals surface area contributed by atoms with Gasteiger partial charge in [-0.15, -0.1) is 0 Å². The second-order valence-electron chi connectivity index (χ2n) is 13.3. The number of alkyl carbamates (subject to hydrolysis) is 1. The van der Waals surface area contributed by atoms with Crippen LogP contribution < -0.4 is 10.6 Å². The van der Waals surface area contributed by atoms with Gasteiger partial charge in [-0.25, -0.2) is 4.79 Å². The van der Waals surface area contributed by atoms with E-state index in [0.717, 1.165) is 35.1 Å². The molecule has 3 aromatic carbocycles. The van der Waals surface area contributed by atoms with Crippen molar-refractivity contribution in [2.75, 3.05) is 11.9 Å². The van der Waals surface area contributed by atoms with Gasteiger partial charge in [-0.1, -0.05) is 35.9 Å². The Hall–Kier alpha value is -5.32. The number of carbonyl (C=O) groups is 3. The Morgan fingerprint density at radius 2 is 1.69 bits per heavy atom. The molecule has 1 aliphatic rings. The summed E-state index contributed by atoms with van der Waals surface area (Å²) in [7, 11) is 1.82. The number of ether oxygens (including phenoxy) is 1. The zero-order chi connectivity index (χ0) is 34.6. The smallest absolute Gasteiger partial charge is 0.408 e. The lowest BCUT2D eigenvalue weighted by Crippen LogP contribution is -2.57. The van der Waals surface area contributed by atoms with Crippen LogP contribution in [0.5, 0.6) is 11.5 Å². The minimum atomic E-state index is -0.987. The van der Waals surface area contributed by atoms with Crippen LogP contribution in [-0.2, 0) is 27.8 Å². The van der Waals surface area contributed by atoms with Gasteiger partial charge in [-0.05, 0) is 94.5 Å². The Bertz CT molecular complexity index is 1780. The van der Waals surface area contributed by atoms with Crippen LogP contribution in [0.4, 0.5) is 10.5 Å². The summed E-state index contributed by atoms with van der Waals surface area (Å²) < 4.78 is 7.14. The van der Waals surface area contributed by atoms with Gasteiger partial charge in [0.1, 0.15) is 34.9 Å². The van der Waals surface area contributed by atoms with E-state index in [0.29, 0.717) is 29.9 Å². The van der Waals surface area contributed by atoms with E-state index in [1.807, 2.05) is 44.4 Å². The number of carbonyl (C=O) groups excluding carboxylic acids is 3. The number of aromatic nitrogens is 2. The molecule has 1 unspecified atom stereocenters. The molecule has 1 aliphatic heterocycles. The summed E-state index contributed by atoms with van der Waals surface area (Å²) in [5, 5.41) is 30.6. The fraction of sp³-hybridized carbons (Fsp3) is 0.351. The number of anilines is 1. The van der Waals surface area contributed by atoms with Gasteiger partial charge >= 0.3 is 6.09 Å². The van der Waals surface area contributed by atoms with Crippen LogP contribution in [-0.4, -0.2) is 67.0 Å². The number of piperidine rings is 1. The van der Waals surface area contributed by atoms with Crippen LogP contribution in [0.1, 0.15) is 51.2 Å². The number of phenols is 2. The molecule has 0 saturated carbocycles. The van der Waals surface area contributed by atoms with Crippen molar-refractivity contribution in [3.05, 3.63) is 84.1 Å². The predicted molar refractivity (Wildman–Crippen MR) is 183 cm³/mol. The summed E-state index contributed by atoms with van der Waals surface area (Å²) in [6, 6.07) is 17.5. The maximum Gasteiger partial charge on any atom is 0.408 e. The third kappa shape index (κ3) is 8.33. The van der Waals surface area contributed by atoms with Crippen molar-refractivity contribution < 1.29 is 29.3 Å². The van der Waals surface area contributed by atoms with Crippen molar-refractivity contribution in [2.24, 2.45) is 7.05 Å². The summed E-state index contributed by atoms with van der Waals surface area (Å²) in [4.78, 5) is 42.1. The summed E-state index contributed by atoms with van der Waals surface area (Å²) in [5.41, 5.74) is 4.51. The second-order valence-corrected chi connectivity index (χ2v) is 13.3. The molecule has 48 heavy (non-hydrogen) atoms. The van der Waals surface area contributed by atoms with Gasteiger partial charge in [-0.2, -0.15) is 5.10 Å². The predicted octanol–water partition coefficient (Wildman–Crippen LogP) is 5.93. The van der Waals surface area contributed by atoms with E-state index in [2.05, 4.69) is 15.7 Å². The van der Waals surface area contributed by atoms with Crippen molar-refractivity contribution in [1.29, 1.82) is 0 Å². The first-order valence-electron chi connectivity index (χ1n) is 16.1. The fourth-order valence-corrected chi connectivity index (χ4v) is 5.88. The van der Waals surface area contributed by atoms with Crippen LogP contribution >= 0.6 is 0 Å². The molecule has 11 heteroatoms. The Morgan fingerprint density at radius 3 is 2.38 bits per heavy atom. The molecule has 1 aromatic heterocycles. The number of nitrogens with one attached hydrogen (secondary N) is 2. The van der Waals surface area contributed by atoms with E-state index in [4.69, 9.17) is 4.74 Å². The molecule has 4 N–H and O–H groups in total. The number of amides is 3. The average molecular weight is 654 g/mol. The van der Waals surface area contributed by atoms with Gasteiger partial charge in [0.05, 0.1) is 0 Å². The molecule has 2 atom stereocenters. The van der Waals surface area contributed by atoms with E-state index >= 15 is 0 Å². The molecule has 4 aromatic rings. The molecule has 3 amide bonds. The van der Waals surface area contributed by atoms with Crippen LogP contribution in [0.15, 0.2) is 72.9 Å². The van der Waals surface area contributed by atoms with Crippen LogP contribution in [0.2, 0.25) is 0 Å². The molecule has 0 bridgehead atoms. The maximum atomic E-state index is 14.0. The summed E-state index contributed by atoms with van der Waals surface area (Å²) >= 11 is 0. The Balaban J connectivity index is 1.33. The topological polar surface area (TPSA) is 146 Å². The lowest BCUT2D eigenvalue weighted by Gasteiger charge is -2.37. The Morgan fingerprint density at radius 1 is 0.979 bits per heavy atom. The molecule has 0 radical (unpaired) electrons. The molecule has 1 fully saturated rings. The van der Waals surface area contributed by atoms with Gasteiger partial charge < -0.3 is 30.5 Å². The molecule has 2 heterocycles. The van der Waals surface area contributed by atoms with Gasteiger partial charge in [0.15, 0.2) is 0 Å². The zero-order valence-electron chi connectivity index (χ0n) is 28.0. The number of hydrogen-bond acceptors (Lipinski definition) is 7. The second kappa shape index (κ2) is 14.2. The number of aryl methyl sites for hydroxylation is 2. The summed E-state index contributed by atoms with van der Waals surface area (Å²) in [6.45, 7) is 7.55. The minimum Gasteiger partial charge on any atom is -0.508 e. The van der Waals surface area contributed by atoms with E-state index in [9.17, 15) is 24.6 Å². The highest BCUT2D eigenvalue weighted by Crippen LogP contribution is 2.36.